The second-order valence-corrected chi connectivity index (χ2v) is 6.72. The van der Waals surface area contributed by atoms with Crippen molar-refractivity contribution in [1.29, 1.82) is 0 Å². The van der Waals surface area contributed by atoms with Crippen LogP contribution in [0.15, 0.2) is 22.7 Å². The van der Waals surface area contributed by atoms with Crippen molar-refractivity contribution in [2.75, 3.05) is 0 Å². The van der Waals surface area contributed by atoms with Crippen molar-refractivity contribution < 1.29 is 14.7 Å². The molecule has 1 fully saturated rings. The molecule has 1 aromatic rings. The lowest BCUT2D eigenvalue weighted by Gasteiger charge is -2.28. The van der Waals surface area contributed by atoms with Gasteiger partial charge in [0.2, 0.25) is 5.91 Å². The summed E-state index contributed by atoms with van der Waals surface area (Å²) >= 11 is 3.46. The van der Waals surface area contributed by atoms with Gasteiger partial charge < -0.3 is 10.4 Å². The Bertz CT molecular complexity index is 550. The highest BCUT2D eigenvalue weighted by atomic mass is 79.9. The van der Waals surface area contributed by atoms with Crippen molar-refractivity contribution in [2.24, 2.45) is 0 Å². The number of carbonyl (C=O) groups is 2. The smallest absolute Gasteiger partial charge is 0.305 e. The van der Waals surface area contributed by atoms with Gasteiger partial charge in [0.25, 0.3) is 0 Å². The first-order chi connectivity index (χ1) is 9.90. The third-order valence-corrected chi connectivity index (χ3v) is 4.91. The van der Waals surface area contributed by atoms with Crippen LogP contribution in [0.4, 0.5) is 0 Å². The van der Waals surface area contributed by atoms with Gasteiger partial charge in [-0.25, -0.2) is 0 Å². The van der Waals surface area contributed by atoms with Crippen LogP contribution in [0, 0.1) is 6.92 Å². The molecule has 0 unspecified atom stereocenters. The summed E-state index contributed by atoms with van der Waals surface area (Å²) in [5, 5.41) is 12.0. The van der Waals surface area contributed by atoms with Gasteiger partial charge in [-0.3, -0.25) is 9.59 Å². The number of benzene rings is 1. The average molecular weight is 354 g/mol. The zero-order valence-corrected chi connectivity index (χ0v) is 13.7. The summed E-state index contributed by atoms with van der Waals surface area (Å²) in [6.45, 7) is 1.99. The fraction of sp³-hybridized carbons (Fsp3) is 0.500. The molecule has 0 atom stereocenters. The summed E-state index contributed by atoms with van der Waals surface area (Å²) in [7, 11) is 0. The number of carboxylic acid groups (broad SMARTS) is 1. The molecule has 0 radical (unpaired) electrons. The molecule has 1 amide bonds. The van der Waals surface area contributed by atoms with Gasteiger partial charge in [0.15, 0.2) is 0 Å². The highest BCUT2D eigenvalue weighted by molar-refractivity contribution is 9.10. The molecule has 5 heteroatoms. The van der Waals surface area contributed by atoms with Crippen molar-refractivity contribution in [3.63, 3.8) is 0 Å². The number of carbonyl (C=O) groups excluding carboxylic acids is 1. The summed E-state index contributed by atoms with van der Waals surface area (Å²) in [6, 6.07) is 5.83. The Morgan fingerprint density at radius 1 is 1.33 bits per heavy atom. The van der Waals surface area contributed by atoms with Crippen LogP contribution in [0.3, 0.4) is 0 Å². The highest BCUT2D eigenvalue weighted by Crippen LogP contribution is 2.32. The number of hydrogen-bond donors (Lipinski definition) is 2. The van der Waals surface area contributed by atoms with E-state index in [0.717, 1.165) is 41.3 Å². The van der Waals surface area contributed by atoms with E-state index in [4.69, 9.17) is 5.11 Å². The minimum Gasteiger partial charge on any atom is -0.481 e. The first-order valence-electron chi connectivity index (χ1n) is 7.18. The van der Waals surface area contributed by atoms with E-state index in [2.05, 4.69) is 21.2 Å². The van der Waals surface area contributed by atoms with E-state index in [1.54, 1.807) is 0 Å². The largest absolute Gasteiger partial charge is 0.481 e. The van der Waals surface area contributed by atoms with Gasteiger partial charge in [-0.2, -0.15) is 0 Å². The highest BCUT2D eigenvalue weighted by Gasteiger charge is 2.37. The number of aryl methyl sites for hydroxylation is 1. The monoisotopic (exact) mass is 353 g/mol. The fourth-order valence-electron chi connectivity index (χ4n) is 2.96. The lowest BCUT2D eigenvalue weighted by molar-refractivity contribution is -0.139. The third-order valence-electron chi connectivity index (χ3n) is 4.06. The van der Waals surface area contributed by atoms with Crippen LogP contribution in [-0.4, -0.2) is 22.5 Å². The summed E-state index contributed by atoms with van der Waals surface area (Å²) in [5.41, 5.74) is 1.50. The Balaban J connectivity index is 2.02. The maximum Gasteiger partial charge on any atom is 0.305 e. The van der Waals surface area contributed by atoms with Crippen LogP contribution < -0.4 is 5.32 Å². The maximum absolute atomic E-state index is 12.2. The molecule has 1 aliphatic carbocycles. The van der Waals surface area contributed by atoms with E-state index in [9.17, 15) is 9.59 Å². The molecule has 1 saturated carbocycles. The van der Waals surface area contributed by atoms with E-state index < -0.39 is 11.5 Å². The van der Waals surface area contributed by atoms with E-state index in [1.807, 2.05) is 25.1 Å². The minimum absolute atomic E-state index is 0.0103. The topological polar surface area (TPSA) is 66.4 Å². The van der Waals surface area contributed by atoms with E-state index in [-0.39, 0.29) is 18.7 Å². The fourth-order valence-corrected chi connectivity index (χ4v) is 3.39. The first kappa shape index (κ1) is 16.0. The van der Waals surface area contributed by atoms with Gasteiger partial charge in [-0.05, 0) is 37.0 Å². The Morgan fingerprint density at radius 2 is 2.00 bits per heavy atom. The Morgan fingerprint density at radius 3 is 2.57 bits per heavy atom. The zero-order chi connectivity index (χ0) is 15.5. The number of aliphatic carboxylic acids is 1. The molecule has 0 spiro atoms. The summed E-state index contributed by atoms with van der Waals surface area (Å²) in [4.78, 5) is 23.3. The molecule has 0 heterocycles. The Kier molecular flexibility index (Phi) is 5.04. The zero-order valence-electron chi connectivity index (χ0n) is 12.1. The standard InChI is InChI=1S/C16H20BrNO3/c1-11-4-5-12(8-13(11)17)9-14(19)18-16(10-15(20)21)6-2-3-7-16/h4-5,8H,2-3,6-7,9-10H2,1H3,(H,18,19)(H,20,21). The number of halogens is 1. The SMILES string of the molecule is Cc1ccc(CC(=O)NC2(CC(=O)O)CCCC2)cc1Br. The molecule has 0 aliphatic heterocycles. The molecular formula is C16H20BrNO3. The van der Waals surface area contributed by atoms with Gasteiger partial charge in [0, 0.05) is 4.47 Å². The van der Waals surface area contributed by atoms with Crippen LogP contribution in [0.5, 0.6) is 0 Å². The van der Waals surface area contributed by atoms with Crippen molar-refractivity contribution >= 4 is 27.8 Å². The predicted molar refractivity (Wildman–Crippen MR) is 84.2 cm³/mol. The van der Waals surface area contributed by atoms with Crippen LogP contribution in [-0.2, 0) is 16.0 Å². The summed E-state index contributed by atoms with van der Waals surface area (Å²) in [6.07, 6.45) is 3.75. The third kappa shape index (κ3) is 4.30. The van der Waals surface area contributed by atoms with Crippen LogP contribution >= 0.6 is 15.9 Å². The van der Waals surface area contributed by atoms with E-state index in [1.165, 1.54) is 0 Å². The summed E-state index contributed by atoms with van der Waals surface area (Å²) in [5.74, 6) is -0.954. The van der Waals surface area contributed by atoms with Gasteiger partial charge in [0.1, 0.15) is 0 Å². The molecular weight excluding hydrogens is 334 g/mol. The number of carboxylic acids is 1. The maximum atomic E-state index is 12.2. The molecule has 0 aromatic heterocycles. The van der Waals surface area contributed by atoms with E-state index >= 15 is 0 Å². The first-order valence-corrected chi connectivity index (χ1v) is 7.97. The molecule has 4 nitrogen and oxygen atoms in total. The molecule has 1 aliphatic rings. The minimum atomic E-state index is -0.852. The van der Waals surface area contributed by atoms with E-state index in [0.29, 0.717) is 0 Å². The summed E-state index contributed by atoms with van der Waals surface area (Å²) < 4.78 is 0.980. The number of amides is 1. The number of hydrogen-bond acceptors (Lipinski definition) is 2. The molecule has 2 rings (SSSR count). The van der Waals surface area contributed by atoms with Crippen molar-refractivity contribution in [2.45, 2.75) is 51.0 Å². The lowest BCUT2D eigenvalue weighted by Crippen LogP contribution is -2.48. The average Bonchev–Trinajstić information content (AvgIpc) is 2.80. The van der Waals surface area contributed by atoms with Crippen molar-refractivity contribution in [3.05, 3.63) is 33.8 Å². The van der Waals surface area contributed by atoms with Gasteiger partial charge in [-0.15, -0.1) is 0 Å². The molecule has 0 bridgehead atoms. The van der Waals surface area contributed by atoms with Crippen LogP contribution in [0.25, 0.3) is 0 Å². The molecule has 21 heavy (non-hydrogen) atoms. The van der Waals surface area contributed by atoms with Gasteiger partial charge in [-0.1, -0.05) is 40.9 Å². The van der Waals surface area contributed by atoms with Crippen LogP contribution in [0.1, 0.15) is 43.2 Å². The molecule has 114 valence electrons. The van der Waals surface area contributed by atoms with Crippen molar-refractivity contribution in [1.82, 2.24) is 5.32 Å². The van der Waals surface area contributed by atoms with Gasteiger partial charge >= 0.3 is 5.97 Å². The molecule has 0 saturated heterocycles. The Labute approximate surface area is 133 Å². The quantitative estimate of drug-likeness (QED) is 0.853. The Hall–Kier alpha value is -1.36. The normalized spacial score (nSPS) is 16.7. The number of rotatable bonds is 5. The molecule has 1 aromatic carbocycles. The van der Waals surface area contributed by atoms with Gasteiger partial charge in [0.05, 0.1) is 18.4 Å². The second-order valence-electron chi connectivity index (χ2n) is 5.87. The number of nitrogens with one attached hydrogen (secondary N) is 1. The molecule has 2 N–H and O–H groups in total. The van der Waals surface area contributed by atoms with Crippen molar-refractivity contribution in [3.8, 4) is 0 Å². The lowest BCUT2D eigenvalue weighted by atomic mass is 9.92. The second kappa shape index (κ2) is 6.60. The van der Waals surface area contributed by atoms with Crippen LogP contribution in [0.2, 0.25) is 0 Å². The predicted octanol–water partition coefficient (Wildman–Crippen LogP) is 3.20.